The molecule has 1 saturated heterocycles. The Hall–Kier alpha value is -1.41. The van der Waals surface area contributed by atoms with E-state index in [0.717, 1.165) is 5.52 Å². The number of rotatable bonds is 1. The number of para-hydroxylation sites is 1. The number of fused-ring (bicyclic) bond motifs is 1. The molecule has 0 spiro atoms. The van der Waals surface area contributed by atoms with Crippen LogP contribution in [0.2, 0.25) is 0 Å². The lowest BCUT2D eigenvalue weighted by Crippen LogP contribution is -2.87. The fourth-order valence-electron chi connectivity index (χ4n) is 3.03. The highest BCUT2D eigenvalue weighted by Crippen LogP contribution is 2.32. The van der Waals surface area contributed by atoms with Crippen molar-refractivity contribution in [2.45, 2.75) is 32.1 Å². The highest BCUT2D eigenvalue weighted by molar-refractivity contribution is 5.82. The van der Waals surface area contributed by atoms with Crippen molar-refractivity contribution >= 4 is 10.9 Å². The van der Waals surface area contributed by atoms with E-state index < -0.39 is 0 Å². The van der Waals surface area contributed by atoms with Gasteiger partial charge in [-0.3, -0.25) is 4.98 Å². The third-order valence-electron chi connectivity index (χ3n) is 4.34. The zero-order chi connectivity index (χ0) is 12.6. The number of pyridine rings is 1. The van der Waals surface area contributed by atoms with Crippen molar-refractivity contribution in [1.82, 2.24) is 4.98 Å². The van der Waals surface area contributed by atoms with E-state index in [1.54, 1.807) is 0 Å². The zero-order valence-electron chi connectivity index (χ0n) is 11.2. The Balaban J connectivity index is 2.12. The molecule has 1 fully saturated rings. The van der Waals surface area contributed by atoms with Gasteiger partial charge in [0.15, 0.2) is 0 Å². The van der Waals surface area contributed by atoms with E-state index >= 15 is 0 Å². The van der Waals surface area contributed by atoms with Crippen LogP contribution in [0.3, 0.4) is 0 Å². The third kappa shape index (κ3) is 1.91. The predicted octanol–water partition coefficient (Wildman–Crippen LogP) is 2.16. The second-order valence-electron chi connectivity index (χ2n) is 5.77. The van der Waals surface area contributed by atoms with E-state index in [9.17, 15) is 0 Å². The SMILES string of the molecule is Cc1cc(C2(C)CC[NH2+]CC2)nc2ccccc12. The largest absolute Gasteiger partial charge is 0.346 e. The molecule has 1 aromatic carbocycles. The minimum Gasteiger partial charge on any atom is -0.346 e. The third-order valence-corrected chi connectivity index (χ3v) is 4.34. The van der Waals surface area contributed by atoms with Crippen LogP contribution in [0.4, 0.5) is 0 Å². The topological polar surface area (TPSA) is 29.5 Å². The summed E-state index contributed by atoms with van der Waals surface area (Å²) in [6.07, 6.45) is 2.47. The molecular weight excluding hydrogens is 220 g/mol. The van der Waals surface area contributed by atoms with E-state index in [4.69, 9.17) is 4.98 Å². The molecule has 2 heterocycles. The lowest BCUT2D eigenvalue weighted by Gasteiger charge is -2.32. The van der Waals surface area contributed by atoms with Gasteiger partial charge in [0.25, 0.3) is 0 Å². The van der Waals surface area contributed by atoms with Crippen molar-refractivity contribution in [3.63, 3.8) is 0 Å². The second kappa shape index (κ2) is 4.36. The summed E-state index contributed by atoms with van der Waals surface area (Å²) in [7, 11) is 0. The summed E-state index contributed by atoms with van der Waals surface area (Å²) in [5.41, 5.74) is 4.05. The fourth-order valence-corrected chi connectivity index (χ4v) is 3.03. The van der Waals surface area contributed by atoms with Gasteiger partial charge in [0.2, 0.25) is 0 Å². The molecule has 0 radical (unpaired) electrons. The minimum atomic E-state index is 0.267. The van der Waals surface area contributed by atoms with Gasteiger partial charge >= 0.3 is 0 Å². The molecule has 0 aliphatic carbocycles. The number of benzene rings is 1. The smallest absolute Gasteiger partial charge is 0.0764 e. The average Bonchev–Trinajstić information content (AvgIpc) is 2.39. The minimum absolute atomic E-state index is 0.267. The van der Waals surface area contributed by atoms with Crippen molar-refractivity contribution in [1.29, 1.82) is 0 Å². The Bertz CT molecular complexity index is 568. The Morgan fingerprint density at radius 1 is 1.17 bits per heavy atom. The van der Waals surface area contributed by atoms with Crippen LogP contribution in [0.5, 0.6) is 0 Å². The van der Waals surface area contributed by atoms with Crippen LogP contribution in [-0.2, 0) is 5.41 Å². The van der Waals surface area contributed by atoms with Crippen LogP contribution in [0.25, 0.3) is 10.9 Å². The van der Waals surface area contributed by atoms with Crippen molar-refractivity contribution in [2.24, 2.45) is 0 Å². The summed E-state index contributed by atoms with van der Waals surface area (Å²) in [6, 6.07) is 10.8. The molecule has 0 saturated carbocycles. The number of aryl methyl sites for hydroxylation is 1. The molecule has 1 aromatic heterocycles. The van der Waals surface area contributed by atoms with Crippen molar-refractivity contribution < 1.29 is 5.32 Å². The first-order chi connectivity index (χ1) is 8.69. The maximum absolute atomic E-state index is 4.92. The highest BCUT2D eigenvalue weighted by Gasteiger charge is 2.32. The number of quaternary nitrogens is 1. The molecule has 94 valence electrons. The van der Waals surface area contributed by atoms with E-state index in [-0.39, 0.29) is 5.41 Å². The maximum atomic E-state index is 4.92. The van der Waals surface area contributed by atoms with Gasteiger partial charge in [-0.15, -0.1) is 0 Å². The lowest BCUT2D eigenvalue weighted by molar-refractivity contribution is -0.665. The highest BCUT2D eigenvalue weighted by atomic mass is 14.9. The molecular formula is C16H21N2+. The molecule has 0 bridgehead atoms. The number of nitrogens with two attached hydrogens (primary N) is 1. The summed E-state index contributed by atoms with van der Waals surface area (Å²) >= 11 is 0. The van der Waals surface area contributed by atoms with Crippen molar-refractivity contribution in [3.05, 3.63) is 41.6 Å². The molecule has 3 rings (SSSR count). The molecule has 1 aliphatic rings. The standard InChI is InChI=1S/C16H20N2/c1-12-11-15(16(2)7-9-17-10-8-16)18-14-6-4-3-5-13(12)14/h3-6,11,17H,7-10H2,1-2H3/p+1. The van der Waals surface area contributed by atoms with Gasteiger partial charge in [0, 0.05) is 29.3 Å². The Morgan fingerprint density at radius 2 is 1.89 bits per heavy atom. The van der Waals surface area contributed by atoms with Crippen molar-refractivity contribution in [2.75, 3.05) is 13.1 Å². The summed E-state index contributed by atoms with van der Waals surface area (Å²) in [4.78, 5) is 4.92. The molecule has 2 heteroatoms. The fraction of sp³-hybridized carbons (Fsp3) is 0.438. The second-order valence-corrected chi connectivity index (χ2v) is 5.77. The van der Waals surface area contributed by atoms with Crippen molar-refractivity contribution in [3.8, 4) is 0 Å². The van der Waals surface area contributed by atoms with Crippen LogP contribution < -0.4 is 5.32 Å². The van der Waals surface area contributed by atoms with Gasteiger partial charge < -0.3 is 5.32 Å². The molecule has 2 N–H and O–H groups in total. The Morgan fingerprint density at radius 3 is 2.67 bits per heavy atom. The number of hydrogen-bond acceptors (Lipinski definition) is 1. The number of piperidine rings is 1. The quantitative estimate of drug-likeness (QED) is 0.814. The average molecular weight is 241 g/mol. The van der Waals surface area contributed by atoms with Gasteiger partial charge in [0.1, 0.15) is 0 Å². The molecule has 1 aliphatic heterocycles. The summed E-state index contributed by atoms with van der Waals surface area (Å²) in [5, 5.41) is 3.70. The number of hydrogen-bond donors (Lipinski definition) is 1. The van der Waals surface area contributed by atoms with Gasteiger partial charge in [-0.1, -0.05) is 25.1 Å². The molecule has 0 atom stereocenters. The van der Waals surface area contributed by atoms with Gasteiger partial charge in [-0.2, -0.15) is 0 Å². The first-order valence-corrected chi connectivity index (χ1v) is 6.88. The van der Waals surface area contributed by atoms with Crippen LogP contribution in [0.15, 0.2) is 30.3 Å². The van der Waals surface area contributed by atoms with E-state index in [2.05, 4.69) is 49.5 Å². The Kier molecular flexibility index (Phi) is 2.83. The predicted molar refractivity (Wildman–Crippen MR) is 74.7 cm³/mol. The van der Waals surface area contributed by atoms with E-state index in [1.165, 1.54) is 42.6 Å². The summed E-state index contributed by atoms with van der Waals surface area (Å²) in [5.74, 6) is 0. The molecule has 18 heavy (non-hydrogen) atoms. The van der Waals surface area contributed by atoms with E-state index in [0.29, 0.717) is 0 Å². The monoisotopic (exact) mass is 241 g/mol. The number of aromatic nitrogens is 1. The van der Waals surface area contributed by atoms with Crippen LogP contribution in [0, 0.1) is 6.92 Å². The molecule has 0 unspecified atom stereocenters. The lowest BCUT2D eigenvalue weighted by atomic mass is 9.77. The summed E-state index contributed by atoms with van der Waals surface area (Å²) in [6.45, 7) is 7.02. The molecule has 2 nitrogen and oxygen atoms in total. The van der Waals surface area contributed by atoms with Crippen LogP contribution in [0.1, 0.15) is 31.0 Å². The summed E-state index contributed by atoms with van der Waals surface area (Å²) < 4.78 is 0. The van der Waals surface area contributed by atoms with Crippen LogP contribution >= 0.6 is 0 Å². The van der Waals surface area contributed by atoms with Gasteiger partial charge in [0.05, 0.1) is 18.6 Å². The van der Waals surface area contributed by atoms with E-state index in [1.807, 2.05) is 0 Å². The van der Waals surface area contributed by atoms with Crippen LogP contribution in [-0.4, -0.2) is 18.1 Å². The first kappa shape index (κ1) is 11.7. The van der Waals surface area contributed by atoms with Gasteiger partial charge in [-0.05, 0) is 24.6 Å². The van der Waals surface area contributed by atoms with Gasteiger partial charge in [-0.25, -0.2) is 0 Å². The maximum Gasteiger partial charge on any atom is 0.0764 e. The first-order valence-electron chi connectivity index (χ1n) is 6.88. The normalized spacial score (nSPS) is 19.0. The zero-order valence-corrected chi connectivity index (χ0v) is 11.2. The Labute approximate surface area is 108 Å². The number of nitrogens with zero attached hydrogens (tertiary/aromatic N) is 1. The molecule has 0 amide bonds. The molecule has 2 aromatic rings.